The summed E-state index contributed by atoms with van der Waals surface area (Å²) in [5, 5.41) is 12.9. The average molecular weight is 262 g/mol. The zero-order valence-corrected chi connectivity index (χ0v) is 9.70. The summed E-state index contributed by atoms with van der Waals surface area (Å²) in [6.45, 7) is 1.09. The lowest BCUT2D eigenvalue weighted by Crippen LogP contribution is -2.27. The molecule has 8 heteroatoms. The van der Waals surface area contributed by atoms with Crippen LogP contribution in [-0.2, 0) is 4.74 Å². The zero-order chi connectivity index (χ0) is 12.7. The molecule has 0 aliphatic heterocycles. The van der Waals surface area contributed by atoms with Gasteiger partial charge in [-0.25, -0.2) is 0 Å². The first-order chi connectivity index (χ1) is 8.15. The van der Waals surface area contributed by atoms with Gasteiger partial charge in [0.1, 0.15) is 5.69 Å². The van der Waals surface area contributed by atoms with Gasteiger partial charge in [-0.05, 0) is 0 Å². The second kappa shape index (κ2) is 6.87. The molecule has 2 N–H and O–H groups in total. The number of nitrogens with zero attached hydrogens (tertiary/aromatic N) is 1. The molecule has 1 heterocycles. The Balaban J connectivity index is 2.34. The molecule has 0 aromatic carbocycles. The molecule has 0 spiro atoms. The van der Waals surface area contributed by atoms with Crippen LogP contribution in [0.15, 0.2) is 12.3 Å². The molecule has 0 fully saturated rings. The molecule has 7 nitrogen and oxygen atoms in total. The lowest BCUT2D eigenvalue weighted by molar-refractivity contribution is -0.384. The van der Waals surface area contributed by atoms with Crippen molar-refractivity contribution >= 4 is 23.2 Å². The van der Waals surface area contributed by atoms with Crippen LogP contribution in [0.25, 0.3) is 0 Å². The summed E-state index contributed by atoms with van der Waals surface area (Å²) in [6, 6.07) is 1.18. The smallest absolute Gasteiger partial charge is 0.287 e. The molecule has 0 radical (unpaired) electrons. The highest BCUT2D eigenvalue weighted by molar-refractivity contribution is 6.17. The summed E-state index contributed by atoms with van der Waals surface area (Å²) in [5.74, 6) is -0.0101. The number of hydrogen-bond acceptors (Lipinski definition) is 4. The number of rotatable bonds is 7. The van der Waals surface area contributed by atoms with Crippen LogP contribution in [0.3, 0.4) is 0 Å². The summed E-state index contributed by atoms with van der Waals surface area (Å²) in [4.78, 5) is 23.8. The number of alkyl halides is 1. The van der Waals surface area contributed by atoms with Crippen LogP contribution >= 0.6 is 11.6 Å². The maximum absolute atomic E-state index is 11.5. The van der Waals surface area contributed by atoms with Gasteiger partial charge in [-0.15, -0.1) is 11.6 Å². The normalized spacial score (nSPS) is 10.2. The van der Waals surface area contributed by atoms with Crippen molar-refractivity contribution in [2.75, 3.05) is 25.6 Å². The third-order valence-corrected chi connectivity index (χ3v) is 2.03. The van der Waals surface area contributed by atoms with E-state index in [1.807, 2.05) is 0 Å². The van der Waals surface area contributed by atoms with Gasteiger partial charge in [0.05, 0.1) is 24.3 Å². The van der Waals surface area contributed by atoms with Gasteiger partial charge in [-0.3, -0.25) is 14.9 Å². The minimum atomic E-state index is -0.573. The van der Waals surface area contributed by atoms with Crippen molar-refractivity contribution in [2.45, 2.75) is 0 Å². The van der Waals surface area contributed by atoms with E-state index >= 15 is 0 Å². The number of halogens is 1. The number of aromatic amines is 1. The Hall–Kier alpha value is -1.60. The summed E-state index contributed by atoms with van der Waals surface area (Å²) < 4.78 is 5.05. The number of aromatic nitrogens is 1. The molecule has 0 aliphatic carbocycles. The van der Waals surface area contributed by atoms with E-state index in [0.717, 1.165) is 0 Å². The summed E-state index contributed by atoms with van der Waals surface area (Å²) >= 11 is 5.39. The van der Waals surface area contributed by atoms with Crippen molar-refractivity contribution in [2.24, 2.45) is 0 Å². The van der Waals surface area contributed by atoms with Crippen molar-refractivity contribution in [3.05, 3.63) is 28.1 Å². The minimum absolute atomic E-state index is 0.145. The Morgan fingerprint density at radius 1 is 1.59 bits per heavy atom. The minimum Gasteiger partial charge on any atom is -0.378 e. The number of amides is 1. The van der Waals surface area contributed by atoms with E-state index in [4.69, 9.17) is 16.3 Å². The van der Waals surface area contributed by atoms with Crippen molar-refractivity contribution < 1.29 is 14.5 Å². The lowest BCUT2D eigenvalue weighted by Gasteiger charge is -2.03. The third kappa shape index (κ3) is 4.41. The van der Waals surface area contributed by atoms with Crippen molar-refractivity contribution in [1.82, 2.24) is 10.3 Å². The molecule has 0 unspecified atom stereocenters. The van der Waals surface area contributed by atoms with Crippen LogP contribution in [0.2, 0.25) is 0 Å². The molecule has 1 rings (SSSR count). The standard InChI is InChI=1S/C9H12ClN3O4/c10-1-3-17-4-2-11-9(14)8-5-7(6-12-8)13(15)16/h5-6,12H,1-4H2,(H,11,14). The largest absolute Gasteiger partial charge is 0.378 e. The number of carbonyl (C=O) groups is 1. The molecule has 0 saturated carbocycles. The quantitative estimate of drug-likeness (QED) is 0.330. The first kappa shape index (κ1) is 13.5. The van der Waals surface area contributed by atoms with Crippen molar-refractivity contribution in [3.8, 4) is 0 Å². The molecule has 0 saturated heterocycles. The fraction of sp³-hybridized carbons (Fsp3) is 0.444. The number of nitrogens with one attached hydrogen (secondary N) is 2. The second-order valence-electron chi connectivity index (χ2n) is 3.09. The number of ether oxygens (including phenoxy) is 1. The Kier molecular flexibility index (Phi) is 5.44. The monoisotopic (exact) mass is 261 g/mol. The van der Waals surface area contributed by atoms with Gasteiger partial charge in [0.25, 0.3) is 11.6 Å². The van der Waals surface area contributed by atoms with Gasteiger partial charge in [0.15, 0.2) is 0 Å². The van der Waals surface area contributed by atoms with Crippen molar-refractivity contribution in [1.29, 1.82) is 0 Å². The molecule has 1 aromatic rings. The molecular formula is C9H12ClN3O4. The van der Waals surface area contributed by atoms with Crippen LogP contribution in [0.4, 0.5) is 5.69 Å². The Bertz CT molecular complexity index is 393. The van der Waals surface area contributed by atoms with Crippen LogP contribution in [-0.4, -0.2) is 41.5 Å². The third-order valence-electron chi connectivity index (χ3n) is 1.88. The molecular weight excluding hydrogens is 250 g/mol. The Labute approximate surface area is 102 Å². The molecule has 17 heavy (non-hydrogen) atoms. The maximum Gasteiger partial charge on any atom is 0.287 e. The molecule has 1 amide bonds. The van der Waals surface area contributed by atoms with Gasteiger partial charge >= 0.3 is 0 Å². The molecule has 0 aliphatic rings. The van der Waals surface area contributed by atoms with E-state index in [0.29, 0.717) is 25.6 Å². The Morgan fingerprint density at radius 3 is 2.94 bits per heavy atom. The summed E-state index contributed by atoms with van der Waals surface area (Å²) in [7, 11) is 0. The number of H-pyrrole nitrogens is 1. The van der Waals surface area contributed by atoms with Gasteiger partial charge in [0.2, 0.25) is 0 Å². The second-order valence-corrected chi connectivity index (χ2v) is 3.46. The molecule has 1 aromatic heterocycles. The SMILES string of the molecule is O=C(NCCOCCCl)c1cc([N+](=O)[O-])c[nH]1. The first-order valence-electron chi connectivity index (χ1n) is 4.90. The van der Waals surface area contributed by atoms with Crippen LogP contribution < -0.4 is 5.32 Å². The highest BCUT2D eigenvalue weighted by Gasteiger charge is 2.13. The van der Waals surface area contributed by atoms with E-state index in [-0.39, 0.29) is 11.4 Å². The van der Waals surface area contributed by atoms with Gasteiger partial charge < -0.3 is 15.0 Å². The summed E-state index contributed by atoms with van der Waals surface area (Å²) in [6.07, 6.45) is 1.17. The molecule has 0 atom stereocenters. The maximum atomic E-state index is 11.5. The fourth-order valence-corrected chi connectivity index (χ4v) is 1.22. The predicted octanol–water partition coefficient (Wildman–Crippen LogP) is 0.908. The Morgan fingerprint density at radius 2 is 2.35 bits per heavy atom. The highest BCUT2D eigenvalue weighted by atomic mass is 35.5. The van der Waals surface area contributed by atoms with Gasteiger partial charge in [-0.2, -0.15) is 0 Å². The van der Waals surface area contributed by atoms with Crippen LogP contribution in [0.1, 0.15) is 10.5 Å². The van der Waals surface area contributed by atoms with Gasteiger partial charge in [0, 0.05) is 18.5 Å². The number of nitro groups is 1. The fourth-order valence-electron chi connectivity index (χ4n) is 1.11. The highest BCUT2D eigenvalue weighted by Crippen LogP contribution is 2.11. The number of hydrogen-bond donors (Lipinski definition) is 2. The van der Waals surface area contributed by atoms with Crippen molar-refractivity contribution in [3.63, 3.8) is 0 Å². The topological polar surface area (TPSA) is 97.3 Å². The zero-order valence-electron chi connectivity index (χ0n) is 8.94. The summed E-state index contributed by atoms with van der Waals surface area (Å²) in [5.41, 5.74) is 0.00239. The van der Waals surface area contributed by atoms with Gasteiger partial charge in [-0.1, -0.05) is 0 Å². The number of carbonyl (C=O) groups excluding carboxylic acids is 1. The van der Waals surface area contributed by atoms with E-state index in [1.54, 1.807) is 0 Å². The van der Waals surface area contributed by atoms with E-state index in [2.05, 4.69) is 10.3 Å². The average Bonchev–Trinajstić information content (AvgIpc) is 2.78. The van der Waals surface area contributed by atoms with E-state index in [1.165, 1.54) is 12.3 Å². The molecule has 0 bridgehead atoms. The van der Waals surface area contributed by atoms with E-state index in [9.17, 15) is 14.9 Å². The lowest BCUT2D eigenvalue weighted by atomic mass is 10.4. The molecule has 94 valence electrons. The predicted molar refractivity (Wildman–Crippen MR) is 61.3 cm³/mol. The first-order valence-corrected chi connectivity index (χ1v) is 5.43. The van der Waals surface area contributed by atoms with Crippen LogP contribution in [0.5, 0.6) is 0 Å². The van der Waals surface area contributed by atoms with E-state index < -0.39 is 10.8 Å². The van der Waals surface area contributed by atoms with Crippen LogP contribution in [0, 0.1) is 10.1 Å².